The molecule has 0 aliphatic carbocycles. The van der Waals surface area contributed by atoms with Crippen molar-refractivity contribution in [1.82, 2.24) is 0 Å². The SMILES string of the molecule is CC(=O)Oc1ccc(C(=O)OCC[Si](C)(C)C)cc1C. The first-order valence-electron chi connectivity index (χ1n) is 6.65. The average Bonchev–Trinajstić information content (AvgIpc) is 2.29. The molecule has 0 aromatic heterocycles. The molecule has 0 unspecified atom stereocenters. The van der Waals surface area contributed by atoms with Crippen LogP contribution in [0.3, 0.4) is 0 Å². The van der Waals surface area contributed by atoms with Crippen LogP contribution in [-0.4, -0.2) is 26.6 Å². The molecule has 0 atom stereocenters. The maximum atomic E-state index is 11.9. The van der Waals surface area contributed by atoms with Gasteiger partial charge in [0, 0.05) is 15.0 Å². The summed E-state index contributed by atoms with van der Waals surface area (Å²) in [5.74, 6) is -0.240. The largest absolute Gasteiger partial charge is 0.462 e. The smallest absolute Gasteiger partial charge is 0.338 e. The molecule has 0 aliphatic heterocycles. The predicted molar refractivity (Wildman–Crippen MR) is 80.9 cm³/mol. The number of carbonyl (C=O) groups is 2. The Labute approximate surface area is 121 Å². The van der Waals surface area contributed by atoms with Crippen molar-refractivity contribution in [3.8, 4) is 5.75 Å². The summed E-state index contributed by atoms with van der Waals surface area (Å²) < 4.78 is 10.3. The summed E-state index contributed by atoms with van der Waals surface area (Å²) in [6.07, 6.45) is 0. The van der Waals surface area contributed by atoms with Crippen LogP contribution in [0.5, 0.6) is 5.75 Å². The molecule has 0 fully saturated rings. The van der Waals surface area contributed by atoms with E-state index in [9.17, 15) is 9.59 Å². The molecule has 0 aliphatic rings. The molecule has 0 saturated heterocycles. The topological polar surface area (TPSA) is 52.6 Å². The van der Waals surface area contributed by atoms with Crippen molar-refractivity contribution < 1.29 is 19.1 Å². The lowest BCUT2D eigenvalue weighted by molar-refractivity contribution is -0.131. The lowest BCUT2D eigenvalue weighted by Crippen LogP contribution is -2.22. The molecule has 0 heterocycles. The maximum absolute atomic E-state index is 11.9. The summed E-state index contributed by atoms with van der Waals surface area (Å²) in [5, 5.41) is 0. The fourth-order valence-electron chi connectivity index (χ4n) is 1.58. The molecule has 20 heavy (non-hydrogen) atoms. The van der Waals surface area contributed by atoms with E-state index in [1.54, 1.807) is 25.1 Å². The molecule has 0 bridgehead atoms. The van der Waals surface area contributed by atoms with E-state index in [2.05, 4.69) is 19.6 Å². The molecule has 110 valence electrons. The number of esters is 2. The van der Waals surface area contributed by atoms with Crippen LogP contribution < -0.4 is 4.74 Å². The Morgan fingerprint density at radius 3 is 2.35 bits per heavy atom. The number of carbonyl (C=O) groups excluding carboxylic acids is 2. The van der Waals surface area contributed by atoms with Crippen LogP contribution in [0.1, 0.15) is 22.8 Å². The normalized spacial score (nSPS) is 11.1. The molecule has 1 aromatic rings. The predicted octanol–water partition coefficient (Wildman–Crippen LogP) is 3.42. The minimum absolute atomic E-state index is 0.333. The molecular weight excluding hydrogens is 272 g/mol. The van der Waals surface area contributed by atoms with Gasteiger partial charge in [-0.25, -0.2) is 4.79 Å². The van der Waals surface area contributed by atoms with Crippen LogP contribution >= 0.6 is 0 Å². The van der Waals surface area contributed by atoms with E-state index >= 15 is 0 Å². The number of rotatable bonds is 5. The van der Waals surface area contributed by atoms with Crippen LogP contribution in [0, 0.1) is 6.92 Å². The highest BCUT2D eigenvalue weighted by atomic mass is 28.3. The van der Waals surface area contributed by atoms with E-state index < -0.39 is 8.07 Å². The molecule has 4 nitrogen and oxygen atoms in total. The van der Waals surface area contributed by atoms with Crippen LogP contribution in [0.4, 0.5) is 0 Å². The lowest BCUT2D eigenvalue weighted by atomic mass is 10.1. The van der Waals surface area contributed by atoms with Crippen molar-refractivity contribution in [2.45, 2.75) is 39.5 Å². The highest BCUT2D eigenvalue weighted by Gasteiger charge is 2.15. The third-order valence-electron chi connectivity index (χ3n) is 2.75. The first-order chi connectivity index (χ1) is 9.19. The zero-order valence-electron chi connectivity index (χ0n) is 12.8. The second-order valence-electron chi connectivity index (χ2n) is 6.02. The molecule has 0 spiro atoms. The molecular formula is C15H22O4Si. The number of benzene rings is 1. The standard InChI is InChI=1S/C15H22O4Si/c1-11-10-13(6-7-14(11)19-12(2)16)15(17)18-8-9-20(3,4)5/h6-7,10H,8-9H2,1-5H3. The number of aryl methyl sites for hydroxylation is 1. The number of hydrogen-bond acceptors (Lipinski definition) is 4. The van der Waals surface area contributed by atoms with Gasteiger partial charge in [-0.3, -0.25) is 4.79 Å². The summed E-state index contributed by atoms with van der Waals surface area (Å²) in [6, 6.07) is 5.85. The Morgan fingerprint density at radius 2 is 1.85 bits per heavy atom. The number of hydrogen-bond donors (Lipinski definition) is 0. The van der Waals surface area contributed by atoms with Crippen molar-refractivity contribution in [3.63, 3.8) is 0 Å². The van der Waals surface area contributed by atoms with Gasteiger partial charge >= 0.3 is 11.9 Å². The van der Waals surface area contributed by atoms with Gasteiger partial charge < -0.3 is 9.47 Å². The molecule has 1 rings (SSSR count). The highest BCUT2D eigenvalue weighted by molar-refractivity contribution is 6.76. The van der Waals surface area contributed by atoms with E-state index in [4.69, 9.17) is 9.47 Å². The fraction of sp³-hybridized carbons (Fsp3) is 0.467. The van der Waals surface area contributed by atoms with Gasteiger partial charge in [0.15, 0.2) is 0 Å². The zero-order valence-corrected chi connectivity index (χ0v) is 13.8. The maximum Gasteiger partial charge on any atom is 0.338 e. The Balaban J connectivity index is 2.65. The number of ether oxygens (including phenoxy) is 2. The monoisotopic (exact) mass is 294 g/mol. The quantitative estimate of drug-likeness (QED) is 0.474. The zero-order chi connectivity index (χ0) is 15.3. The summed E-state index contributed by atoms with van der Waals surface area (Å²) in [7, 11) is -1.20. The minimum Gasteiger partial charge on any atom is -0.462 e. The van der Waals surface area contributed by atoms with Gasteiger partial charge in [-0.15, -0.1) is 0 Å². The van der Waals surface area contributed by atoms with E-state index in [1.165, 1.54) is 6.92 Å². The van der Waals surface area contributed by atoms with Gasteiger partial charge in [0.2, 0.25) is 0 Å². The second kappa shape index (κ2) is 6.70. The summed E-state index contributed by atoms with van der Waals surface area (Å²) in [4.78, 5) is 22.8. The Kier molecular flexibility index (Phi) is 5.50. The third kappa shape index (κ3) is 5.57. The van der Waals surface area contributed by atoms with Crippen molar-refractivity contribution >= 4 is 20.0 Å². The van der Waals surface area contributed by atoms with Gasteiger partial charge in [-0.05, 0) is 36.7 Å². The summed E-state index contributed by atoms with van der Waals surface area (Å²) >= 11 is 0. The van der Waals surface area contributed by atoms with Gasteiger partial charge in [-0.2, -0.15) is 0 Å². The molecule has 5 heteroatoms. The summed E-state index contributed by atoms with van der Waals surface area (Å²) in [5.41, 5.74) is 1.22. The third-order valence-corrected chi connectivity index (χ3v) is 4.45. The Hall–Kier alpha value is -1.62. The second-order valence-corrected chi connectivity index (χ2v) is 11.6. The van der Waals surface area contributed by atoms with Crippen molar-refractivity contribution in [3.05, 3.63) is 29.3 Å². The molecule has 1 aromatic carbocycles. The first kappa shape index (κ1) is 16.4. The van der Waals surface area contributed by atoms with E-state index in [1.807, 2.05) is 0 Å². The van der Waals surface area contributed by atoms with Crippen molar-refractivity contribution in [2.24, 2.45) is 0 Å². The Morgan fingerprint density at radius 1 is 1.20 bits per heavy atom. The van der Waals surface area contributed by atoms with Gasteiger partial charge in [-0.1, -0.05) is 19.6 Å². The molecule has 0 N–H and O–H groups in total. The van der Waals surface area contributed by atoms with E-state index in [-0.39, 0.29) is 11.9 Å². The first-order valence-corrected chi connectivity index (χ1v) is 10.4. The van der Waals surface area contributed by atoms with Gasteiger partial charge in [0.25, 0.3) is 0 Å². The van der Waals surface area contributed by atoms with Gasteiger partial charge in [0.1, 0.15) is 5.75 Å². The van der Waals surface area contributed by atoms with Crippen LogP contribution in [0.25, 0.3) is 0 Å². The highest BCUT2D eigenvalue weighted by Crippen LogP contribution is 2.20. The fourth-order valence-corrected chi connectivity index (χ4v) is 2.29. The minimum atomic E-state index is -1.20. The van der Waals surface area contributed by atoms with Gasteiger partial charge in [0.05, 0.1) is 12.2 Å². The van der Waals surface area contributed by atoms with E-state index in [0.717, 1.165) is 11.6 Å². The molecule has 0 saturated carbocycles. The van der Waals surface area contributed by atoms with Crippen molar-refractivity contribution in [1.29, 1.82) is 0 Å². The van der Waals surface area contributed by atoms with Crippen LogP contribution in [-0.2, 0) is 9.53 Å². The van der Waals surface area contributed by atoms with Crippen LogP contribution in [0.15, 0.2) is 18.2 Å². The molecule has 0 amide bonds. The average molecular weight is 294 g/mol. The Bertz CT molecular complexity index is 503. The van der Waals surface area contributed by atoms with Crippen LogP contribution in [0.2, 0.25) is 25.7 Å². The van der Waals surface area contributed by atoms with E-state index in [0.29, 0.717) is 17.9 Å². The summed E-state index contributed by atoms with van der Waals surface area (Å²) in [6.45, 7) is 10.3. The lowest BCUT2D eigenvalue weighted by Gasteiger charge is -2.15. The molecule has 0 radical (unpaired) electrons. The van der Waals surface area contributed by atoms with Crippen molar-refractivity contribution in [2.75, 3.05) is 6.61 Å².